The van der Waals surface area contributed by atoms with Crippen molar-refractivity contribution >= 4 is 23.5 Å². The zero-order chi connectivity index (χ0) is 10.0. The number of carbonyl (C=O) groups excluding carboxylic acids is 2. The van der Waals surface area contributed by atoms with E-state index in [-0.39, 0.29) is 16.1 Å². The first-order chi connectivity index (χ1) is 6.02. The summed E-state index contributed by atoms with van der Waals surface area (Å²) in [7, 11) is 0. The van der Waals surface area contributed by atoms with Gasteiger partial charge in [0.1, 0.15) is 0 Å². The Labute approximate surface area is 78.4 Å². The third-order valence-electron chi connectivity index (χ3n) is 1.42. The Bertz CT molecular complexity index is 372. The summed E-state index contributed by atoms with van der Waals surface area (Å²) in [4.78, 5) is 20.6. The smallest absolute Gasteiger partial charge is 0.0730 e. The molecule has 0 fully saturated rings. The zero-order valence-electron chi connectivity index (χ0n) is 6.24. The molecule has 0 saturated carbocycles. The minimum absolute atomic E-state index is 0.171. The molecule has 0 radical (unpaired) electrons. The van der Waals surface area contributed by atoms with Crippen molar-refractivity contribution < 1.29 is 19.8 Å². The van der Waals surface area contributed by atoms with E-state index in [0.29, 0.717) is 0 Å². The largest absolute Gasteiger partial charge is 0.545 e. The minimum atomic E-state index is -1.45. The highest BCUT2D eigenvalue weighted by molar-refractivity contribution is 6.33. The standard InChI is InChI=1S/C8H5ClO4/c9-6-3-4(7(10)11)1-2-5(6)8(12)13/h1-3H,(H,10,11)(H,12,13)/p-2. The summed E-state index contributed by atoms with van der Waals surface area (Å²) in [6, 6.07) is 3.15. The highest BCUT2D eigenvalue weighted by atomic mass is 35.5. The maximum atomic E-state index is 10.3. The van der Waals surface area contributed by atoms with Crippen molar-refractivity contribution in [2.75, 3.05) is 0 Å². The molecule has 68 valence electrons. The van der Waals surface area contributed by atoms with Crippen LogP contribution in [0.3, 0.4) is 0 Å². The molecule has 0 N–H and O–H groups in total. The lowest BCUT2D eigenvalue weighted by molar-refractivity contribution is -0.256. The van der Waals surface area contributed by atoms with Gasteiger partial charge in [0.25, 0.3) is 0 Å². The van der Waals surface area contributed by atoms with Crippen LogP contribution in [0.15, 0.2) is 18.2 Å². The summed E-state index contributed by atoms with van der Waals surface area (Å²) in [6.45, 7) is 0. The second-order valence-corrected chi connectivity index (χ2v) is 2.68. The molecule has 4 nitrogen and oxygen atoms in total. The maximum absolute atomic E-state index is 10.3. The van der Waals surface area contributed by atoms with Gasteiger partial charge in [-0.15, -0.1) is 0 Å². The van der Waals surface area contributed by atoms with E-state index < -0.39 is 11.9 Å². The molecule has 0 aliphatic rings. The van der Waals surface area contributed by atoms with E-state index in [1.165, 1.54) is 0 Å². The van der Waals surface area contributed by atoms with Crippen LogP contribution in [-0.2, 0) is 0 Å². The highest BCUT2D eigenvalue weighted by Gasteiger charge is 2.02. The maximum Gasteiger partial charge on any atom is 0.0730 e. The molecule has 0 bridgehead atoms. The molecule has 0 aliphatic carbocycles. The number of rotatable bonds is 2. The Morgan fingerprint density at radius 3 is 2.15 bits per heavy atom. The Morgan fingerprint density at radius 1 is 1.15 bits per heavy atom. The van der Waals surface area contributed by atoms with Gasteiger partial charge in [0, 0.05) is 5.56 Å². The van der Waals surface area contributed by atoms with E-state index in [1.807, 2.05) is 0 Å². The average Bonchev–Trinajstić information content (AvgIpc) is 2.03. The number of halogens is 1. The van der Waals surface area contributed by atoms with Crippen molar-refractivity contribution in [2.45, 2.75) is 0 Å². The number of carboxylic acid groups (broad SMARTS) is 2. The van der Waals surface area contributed by atoms with Gasteiger partial charge in [-0.1, -0.05) is 23.7 Å². The third kappa shape index (κ3) is 1.97. The third-order valence-corrected chi connectivity index (χ3v) is 1.74. The van der Waals surface area contributed by atoms with Gasteiger partial charge in [-0.05, 0) is 11.6 Å². The van der Waals surface area contributed by atoms with Crippen LogP contribution in [0.5, 0.6) is 0 Å². The van der Waals surface area contributed by atoms with Crippen LogP contribution in [-0.4, -0.2) is 11.9 Å². The van der Waals surface area contributed by atoms with Crippen LogP contribution in [0.25, 0.3) is 0 Å². The number of hydrogen-bond donors (Lipinski definition) is 0. The van der Waals surface area contributed by atoms with Crippen molar-refractivity contribution in [3.05, 3.63) is 34.3 Å². The molecule has 0 heterocycles. The molecule has 5 heteroatoms. The van der Waals surface area contributed by atoms with Gasteiger partial charge in [0.15, 0.2) is 0 Å². The molecular weight excluding hydrogens is 196 g/mol. The Hall–Kier alpha value is -1.55. The summed E-state index contributed by atoms with van der Waals surface area (Å²) >= 11 is 5.46. The van der Waals surface area contributed by atoms with E-state index in [1.54, 1.807) is 0 Å². The summed E-state index contributed by atoms with van der Waals surface area (Å²) in [5.74, 6) is -2.86. The predicted octanol–water partition coefficient (Wildman–Crippen LogP) is -0.933. The van der Waals surface area contributed by atoms with E-state index in [0.717, 1.165) is 18.2 Å². The first-order valence-corrected chi connectivity index (χ1v) is 3.62. The molecule has 1 aromatic carbocycles. The van der Waals surface area contributed by atoms with Gasteiger partial charge in [-0.25, -0.2) is 0 Å². The van der Waals surface area contributed by atoms with E-state index in [4.69, 9.17) is 11.6 Å². The number of aromatic carboxylic acids is 2. The monoisotopic (exact) mass is 198 g/mol. The summed E-state index contributed by atoms with van der Waals surface area (Å²) in [5, 5.41) is 20.5. The SMILES string of the molecule is O=C([O-])c1ccc(C(=O)[O-])c(Cl)c1. The summed E-state index contributed by atoms with van der Waals surface area (Å²) in [5.41, 5.74) is -0.415. The topological polar surface area (TPSA) is 80.3 Å². The Balaban J connectivity index is 3.20. The molecular formula is C8H3ClO4-2. The van der Waals surface area contributed by atoms with E-state index >= 15 is 0 Å². The second kappa shape index (κ2) is 3.45. The molecule has 0 atom stereocenters. The predicted molar refractivity (Wildman–Crippen MR) is 40.1 cm³/mol. The molecule has 0 aromatic heterocycles. The van der Waals surface area contributed by atoms with E-state index in [2.05, 4.69) is 0 Å². The van der Waals surface area contributed by atoms with Crippen LogP contribution in [0.4, 0.5) is 0 Å². The van der Waals surface area contributed by atoms with Crippen molar-refractivity contribution in [3.8, 4) is 0 Å². The van der Waals surface area contributed by atoms with Crippen molar-refractivity contribution in [1.82, 2.24) is 0 Å². The number of carbonyl (C=O) groups is 2. The lowest BCUT2D eigenvalue weighted by Crippen LogP contribution is -2.24. The van der Waals surface area contributed by atoms with Crippen LogP contribution in [0.1, 0.15) is 20.7 Å². The van der Waals surface area contributed by atoms with Crippen LogP contribution in [0.2, 0.25) is 5.02 Å². The average molecular weight is 199 g/mol. The fraction of sp³-hybridized carbons (Fsp3) is 0. The molecule has 13 heavy (non-hydrogen) atoms. The molecule has 0 amide bonds. The first-order valence-electron chi connectivity index (χ1n) is 3.24. The van der Waals surface area contributed by atoms with Gasteiger partial charge in [0.2, 0.25) is 0 Å². The fourth-order valence-corrected chi connectivity index (χ4v) is 1.07. The van der Waals surface area contributed by atoms with Crippen molar-refractivity contribution in [3.63, 3.8) is 0 Å². The number of benzene rings is 1. The van der Waals surface area contributed by atoms with Crippen molar-refractivity contribution in [2.24, 2.45) is 0 Å². The molecule has 0 unspecified atom stereocenters. The quantitative estimate of drug-likeness (QED) is 0.615. The molecule has 0 saturated heterocycles. The Morgan fingerprint density at radius 2 is 1.77 bits per heavy atom. The molecule has 0 spiro atoms. The fourth-order valence-electron chi connectivity index (χ4n) is 0.808. The van der Waals surface area contributed by atoms with Crippen LogP contribution in [0, 0.1) is 0 Å². The lowest BCUT2D eigenvalue weighted by atomic mass is 10.1. The van der Waals surface area contributed by atoms with Crippen LogP contribution >= 0.6 is 11.6 Å². The van der Waals surface area contributed by atoms with E-state index in [9.17, 15) is 19.8 Å². The van der Waals surface area contributed by atoms with Gasteiger partial charge in [-0.2, -0.15) is 0 Å². The van der Waals surface area contributed by atoms with Gasteiger partial charge >= 0.3 is 0 Å². The summed E-state index contributed by atoms with van der Waals surface area (Å²) < 4.78 is 0. The van der Waals surface area contributed by atoms with Gasteiger partial charge in [0.05, 0.1) is 17.0 Å². The normalized spacial score (nSPS) is 9.62. The first kappa shape index (κ1) is 9.54. The zero-order valence-corrected chi connectivity index (χ0v) is 7.00. The lowest BCUT2D eigenvalue weighted by Gasteiger charge is -2.07. The van der Waals surface area contributed by atoms with Gasteiger partial charge < -0.3 is 19.8 Å². The van der Waals surface area contributed by atoms with Crippen molar-refractivity contribution in [1.29, 1.82) is 0 Å². The molecule has 1 aromatic rings. The number of hydrogen-bond acceptors (Lipinski definition) is 4. The molecule has 0 aliphatic heterocycles. The Kier molecular flexibility index (Phi) is 2.53. The second-order valence-electron chi connectivity index (χ2n) is 2.27. The summed E-state index contributed by atoms with van der Waals surface area (Å²) in [6.07, 6.45) is 0. The minimum Gasteiger partial charge on any atom is -0.545 e. The molecule has 1 rings (SSSR count). The highest BCUT2D eigenvalue weighted by Crippen LogP contribution is 2.16. The van der Waals surface area contributed by atoms with Crippen LogP contribution < -0.4 is 10.2 Å². The van der Waals surface area contributed by atoms with Gasteiger partial charge in [-0.3, -0.25) is 0 Å². The number of carboxylic acids is 2.